The third-order valence-electron chi connectivity index (χ3n) is 4.27. The predicted octanol–water partition coefficient (Wildman–Crippen LogP) is 6.79. The number of hydrogen-bond acceptors (Lipinski definition) is 4. The number of nitrogens with one attached hydrogen (secondary N) is 1. The summed E-state index contributed by atoms with van der Waals surface area (Å²) in [6.45, 7) is 4.54. The Kier molecular flexibility index (Phi) is 9.71. The van der Waals surface area contributed by atoms with Gasteiger partial charge in [0.25, 0.3) is 0 Å². The molecule has 4 rings (SSSR count). The number of pyridine rings is 1. The molecule has 166 valence electrons. The highest BCUT2D eigenvalue weighted by molar-refractivity contribution is 5.85. The van der Waals surface area contributed by atoms with Crippen molar-refractivity contribution in [3.8, 4) is 0 Å². The summed E-state index contributed by atoms with van der Waals surface area (Å²) in [5.41, 5.74) is 1.95. The minimum Gasteiger partial charge on any atom is -0.365 e. The van der Waals surface area contributed by atoms with E-state index in [-0.39, 0.29) is 17.3 Å². The lowest BCUT2D eigenvalue weighted by atomic mass is 10.1. The molecular formula is C25H25F2N3O2. The molecule has 0 saturated heterocycles. The monoisotopic (exact) mass is 437 g/mol. The standard InChI is InChI=1S/C13H15N3O2.2C6H5F/c1-3-9-5-6-11-10(7-9)8-12(16(17)18)13(15-11)14-4-2;2*7-6-4-2-1-3-5-6/h5-8H,3-4H2,1-2H3,(H,14,15);2*1-5H. The lowest BCUT2D eigenvalue weighted by Crippen LogP contribution is -2.03. The van der Waals surface area contributed by atoms with E-state index in [0.717, 1.165) is 22.9 Å². The maximum absolute atomic E-state index is 11.9. The second kappa shape index (κ2) is 12.7. The van der Waals surface area contributed by atoms with Crippen LogP contribution in [0.25, 0.3) is 10.9 Å². The zero-order chi connectivity index (χ0) is 23.3. The van der Waals surface area contributed by atoms with Crippen LogP contribution in [0.2, 0.25) is 0 Å². The van der Waals surface area contributed by atoms with Crippen molar-refractivity contribution in [1.29, 1.82) is 0 Å². The first-order chi connectivity index (χ1) is 15.4. The molecule has 0 saturated carbocycles. The van der Waals surface area contributed by atoms with E-state index in [9.17, 15) is 18.9 Å². The smallest absolute Gasteiger partial charge is 0.312 e. The van der Waals surface area contributed by atoms with Crippen molar-refractivity contribution in [2.75, 3.05) is 11.9 Å². The molecule has 1 N–H and O–H groups in total. The highest BCUT2D eigenvalue weighted by Gasteiger charge is 2.16. The molecule has 0 aliphatic carbocycles. The SMILES string of the molecule is CCNc1nc2ccc(CC)cc2cc1[N+](=O)[O-].Fc1ccccc1.Fc1ccccc1. The average Bonchev–Trinajstić information content (AvgIpc) is 2.80. The Labute approximate surface area is 185 Å². The van der Waals surface area contributed by atoms with Crippen molar-refractivity contribution in [3.05, 3.63) is 112 Å². The van der Waals surface area contributed by atoms with E-state index in [1.54, 1.807) is 42.5 Å². The summed E-state index contributed by atoms with van der Waals surface area (Å²) in [6, 6.07) is 23.3. The van der Waals surface area contributed by atoms with E-state index in [1.165, 1.54) is 24.3 Å². The number of rotatable bonds is 4. The fraction of sp³-hybridized carbons (Fsp3) is 0.160. The van der Waals surface area contributed by atoms with E-state index < -0.39 is 4.92 Å². The van der Waals surface area contributed by atoms with Crippen molar-refractivity contribution < 1.29 is 13.7 Å². The first kappa shape index (κ1) is 24.4. The van der Waals surface area contributed by atoms with Gasteiger partial charge in [0.2, 0.25) is 5.82 Å². The Balaban J connectivity index is 0.000000211. The van der Waals surface area contributed by atoms with Gasteiger partial charge in [-0.25, -0.2) is 13.8 Å². The summed E-state index contributed by atoms with van der Waals surface area (Å²) < 4.78 is 23.8. The molecule has 0 bridgehead atoms. The number of anilines is 1. The summed E-state index contributed by atoms with van der Waals surface area (Å²) in [5.74, 6) is -0.0238. The van der Waals surface area contributed by atoms with Crippen LogP contribution < -0.4 is 5.32 Å². The number of nitrogens with zero attached hydrogens (tertiary/aromatic N) is 2. The molecule has 3 aromatic carbocycles. The minimum absolute atomic E-state index is 0.0256. The molecule has 0 aliphatic rings. The van der Waals surface area contributed by atoms with Gasteiger partial charge in [0.15, 0.2) is 0 Å². The Morgan fingerprint density at radius 2 is 1.44 bits per heavy atom. The van der Waals surface area contributed by atoms with Gasteiger partial charge >= 0.3 is 5.69 Å². The third-order valence-corrected chi connectivity index (χ3v) is 4.27. The molecule has 0 unspecified atom stereocenters. The number of halogens is 2. The summed E-state index contributed by atoms with van der Waals surface area (Å²) in [7, 11) is 0. The quantitative estimate of drug-likeness (QED) is 0.282. The Morgan fingerprint density at radius 1 is 0.875 bits per heavy atom. The van der Waals surface area contributed by atoms with Gasteiger partial charge in [-0.05, 0) is 55.3 Å². The normalized spacial score (nSPS) is 9.75. The van der Waals surface area contributed by atoms with Crippen molar-refractivity contribution in [3.63, 3.8) is 0 Å². The number of hydrogen-bond donors (Lipinski definition) is 1. The van der Waals surface area contributed by atoms with Gasteiger partial charge in [0.05, 0.1) is 10.4 Å². The molecule has 5 nitrogen and oxygen atoms in total. The van der Waals surface area contributed by atoms with Crippen LogP contribution in [0.3, 0.4) is 0 Å². The highest BCUT2D eigenvalue weighted by atomic mass is 19.1. The summed E-state index contributed by atoms with van der Waals surface area (Å²) in [6.07, 6.45) is 0.901. The largest absolute Gasteiger partial charge is 0.365 e. The fourth-order valence-electron chi connectivity index (χ4n) is 2.70. The molecule has 0 atom stereocenters. The topological polar surface area (TPSA) is 68.1 Å². The molecule has 1 aromatic heterocycles. The molecule has 0 amide bonds. The van der Waals surface area contributed by atoms with Crippen LogP contribution in [0.5, 0.6) is 0 Å². The van der Waals surface area contributed by atoms with Crippen molar-refractivity contribution >= 4 is 22.4 Å². The van der Waals surface area contributed by atoms with Gasteiger partial charge in [0.1, 0.15) is 11.6 Å². The third kappa shape index (κ3) is 7.75. The van der Waals surface area contributed by atoms with E-state index >= 15 is 0 Å². The van der Waals surface area contributed by atoms with Crippen molar-refractivity contribution in [2.45, 2.75) is 20.3 Å². The zero-order valence-corrected chi connectivity index (χ0v) is 18.0. The Hall–Kier alpha value is -3.87. The van der Waals surface area contributed by atoms with Gasteiger partial charge < -0.3 is 5.32 Å². The molecule has 32 heavy (non-hydrogen) atoms. The fourth-order valence-corrected chi connectivity index (χ4v) is 2.70. The maximum atomic E-state index is 11.9. The Bertz CT molecular complexity index is 1090. The van der Waals surface area contributed by atoms with Crippen LogP contribution >= 0.6 is 0 Å². The van der Waals surface area contributed by atoms with Crippen LogP contribution in [0.15, 0.2) is 84.9 Å². The predicted molar refractivity (Wildman–Crippen MR) is 125 cm³/mol. The first-order valence-electron chi connectivity index (χ1n) is 10.2. The number of nitro groups is 1. The second-order valence-corrected chi connectivity index (χ2v) is 6.62. The molecule has 1 heterocycles. The molecule has 0 spiro atoms. The number of aryl methyl sites for hydroxylation is 1. The van der Waals surface area contributed by atoms with Gasteiger partial charge in [-0.3, -0.25) is 10.1 Å². The van der Waals surface area contributed by atoms with Crippen LogP contribution in [-0.2, 0) is 6.42 Å². The second-order valence-electron chi connectivity index (χ2n) is 6.62. The summed E-state index contributed by atoms with van der Waals surface area (Å²) in [5, 5.41) is 14.8. The van der Waals surface area contributed by atoms with Crippen LogP contribution in [0.1, 0.15) is 19.4 Å². The van der Waals surface area contributed by atoms with Gasteiger partial charge in [-0.15, -0.1) is 0 Å². The van der Waals surface area contributed by atoms with Crippen molar-refractivity contribution in [1.82, 2.24) is 4.98 Å². The Morgan fingerprint density at radius 3 is 1.84 bits per heavy atom. The van der Waals surface area contributed by atoms with Gasteiger partial charge in [-0.2, -0.15) is 0 Å². The zero-order valence-electron chi connectivity index (χ0n) is 18.0. The van der Waals surface area contributed by atoms with Gasteiger partial charge in [-0.1, -0.05) is 49.4 Å². The van der Waals surface area contributed by atoms with Crippen LogP contribution in [0.4, 0.5) is 20.3 Å². The number of aromatic nitrogens is 1. The molecule has 4 aromatic rings. The number of benzene rings is 3. The molecule has 0 radical (unpaired) electrons. The summed E-state index contributed by atoms with van der Waals surface area (Å²) >= 11 is 0. The first-order valence-corrected chi connectivity index (χ1v) is 10.2. The van der Waals surface area contributed by atoms with E-state index in [1.807, 2.05) is 25.1 Å². The highest BCUT2D eigenvalue weighted by Crippen LogP contribution is 2.27. The molecule has 0 fully saturated rings. The van der Waals surface area contributed by atoms with Crippen molar-refractivity contribution in [2.24, 2.45) is 0 Å². The van der Waals surface area contributed by atoms with Crippen LogP contribution in [-0.4, -0.2) is 16.5 Å². The summed E-state index contributed by atoms with van der Waals surface area (Å²) in [4.78, 5) is 14.9. The molecule has 7 heteroatoms. The average molecular weight is 437 g/mol. The maximum Gasteiger partial charge on any atom is 0.312 e. The lowest BCUT2D eigenvalue weighted by Gasteiger charge is -2.06. The van der Waals surface area contributed by atoms with Crippen LogP contribution in [0, 0.1) is 21.7 Å². The van der Waals surface area contributed by atoms with E-state index in [2.05, 4.69) is 17.2 Å². The molecule has 0 aliphatic heterocycles. The number of fused-ring (bicyclic) bond motifs is 1. The van der Waals surface area contributed by atoms with Gasteiger partial charge in [0, 0.05) is 18.0 Å². The van der Waals surface area contributed by atoms with E-state index in [4.69, 9.17) is 0 Å². The lowest BCUT2D eigenvalue weighted by molar-refractivity contribution is -0.384. The minimum atomic E-state index is -0.400. The molecular weight excluding hydrogens is 412 g/mol. The van der Waals surface area contributed by atoms with E-state index in [0.29, 0.717) is 12.4 Å².